The number of alkyl halides is 2. The van der Waals surface area contributed by atoms with E-state index in [0.29, 0.717) is 27.8 Å². The summed E-state index contributed by atoms with van der Waals surface area (Å²) in [6.07, 6.45) is 0.753. The highest BCUT2D eigenvalue weighted by molar-refractivity contribution is 6.32. The van der Waals surface area contributed by atoms with Crippen LogP contribution in [0.4, 0.5) is 20.2 Å². The molecule has 3 aromatic carbocycles. The van der Waals surface area contributed by atoms with Gasteiger partial charge in [0.15, 0.2) is 0 Å². The molecule has 2 fully saturated rings. The minimum atomic E-state index is -2.88. The van der Waals surface area contributed by atoms with Gasteiger partial charge >= 0.3 is 0 Å². The molecule has 1 aliphatic carbocycles. The minimum Gasteiger partial charge on any atom is -0.351 e. The van der Waals surface area contributed by atoms with E-state index in [-0.39, 0.29) is 29.3 Å². The predicted molar refractivity (Wildman–Crippen MR) is 156 cm³/mol. The van der Waals surface area contributed by atoms with Crippen LogP contribution in [0.1, 0.15) is 42.9 Å². The molecule has 9 nitrogen and oxygen atoms in total. The number of carbonyl (C=O) groups excluding carboxylic acids is 3. The molecule has 2 aliphatic rings. The lowest BCUT2D eigenvalue weighted by Crippen LogP contribution is -2.56. The SMILES string of the molecule is N#Cc1cccc(N2C(=O)CC[C@H]2C(=O)N(c2cccc3cn[nH]c23)[C@H](C(=O)NC2CC(F)(F)C2)c2ccccc2Cl)c1. The number of carbonyl (C=O) groups is 3. The van der Waals surface area contributed by atoms with Crippen LogP contribution in [-0.4, -0.2) is 45.9 Å². The van der Waals surface area contributed by atoms with E-state index >= 15 is 0 Å². The Labute approximate surface area is 250 Å². The van der Waals surface area contributed by atoms with Crippen LogP contribution in [0.25, 0.3) is 10.9 Å². The highest BCUT2D eigenvalue weighted by Gasteiger charge is 2.48. The van der Waals surface area contributed by atoms with Crippen molar-refractivity contribution in [3.63, 3.8) is 0 Å². The highest BCUT2D eigenvalue weighted by Crippen LogP contribution is 2.41. The molecule has 6 rings (SSSR count). The van der Waals surface area contributed by atoms with Crippen molar-refractivity contribution < 1.29 is 23.2 Å². The molecule has 1 saturated heterocycles. The molecular formula is C31H25ClF2N6O3. The van der Waals surface area contributed by atoms with Gasteiger partial charge in [-0.2, -0.15) is 10.4 Å². The van der Waals surface area contributed by atoms with Crippen LogP contribution in [-0.2, 0) is 14.4 Å². The number of H-pyrrole nitrogens is 1. The molecule has 43 heavy (non-hydrogen) atoms. The molecular weight excluding hydrogens is 578 g/mol. The van der Waals surface area contributed by atoms with E-state index in [2.05, 4.69) is 15.5 Å². The van der Waals surface area contributed by atoms with E-state index < -0.39 is 48.7 Å². The van der Waals surface area contributed by atoms with Crippen molar-refractivity contribution in [1.29, 1.82) is 5.26 Å². The van der Waals surface area contributed by atoms with Gasteiger partial charge in [0.1, 0.15) is 12.1 Å². The molecule has 3 amide bonds. The summed E-state index contributed by atoms with van der Waals surface area (Å²) >= 11 is 6.61. The monoisotopic (exact) mass is 602 g/mol. The first-order chi connectivity index (χ1) is 20.7. The van der Waals surface area contributed by atoms with Crippen molar-refractivity contribution >= 4 is 51.6 Å². The summed E-state index contributed by atoms with van der Waals surface area (Å²) in [5.41, 5.74) is 1.71. The summed E-state index contributed by atoms with van der Waals surface area (Å²) in [5.74, 6) is -4.48. The molecule has 0 bridgehead atoms. The molecule has 1 aromatic heterocycles. The summed E-state index contributed by atoms with van der Waals surface area (Å²) in [6, 6.07) is 16.9. The smallest absolute Gasteiger partial charge is 0.252 e. The number of nitrogens with zero attached hydrogens (tertiary/aromatic N) is 4. The first-order valence-corrected chi connectivity index (χ1v) is 14.0. The number of aromatic amines is 1. The van der Waals surface area contributed by atoms with Crippen LogP contribution < -0.4 is 15.1 Å². The number of amides is 3. The Balaban J connectivity index is 1.49. The quantitative estimate of drug-likeness (QED) is 0.298. The maximum atomic E-state index is 14.8. The second kappa shape index (κ2) is 11.1. The van der Waals surface area contributed by atoms with Crippen LogP contribution >= 0.6 is 11.6 Å². The lowest BCUT2D eigenvalue weighted by atomic mass is 9.87. The molecule has 12 heteroatoms. The average molecular weight is 603 g/mol. The van der Waals surface area contributed by atoms with Gasteiger partial charge in [0, 0.05) is 47.0 Å². The number of fused-ring (bicyclic) bond motifs is 1. The third-order valence-electron chi connectivity index (χ3n) is 7.84. The zero-order valence-corrected chi connectivity index (χ0v) is 23.4. The number of hydrogen-bond donors (Lipinski definition) is 2. The van der Waals surface area contributed by atoms with Crippen molar-refractivity contribution in [2.45, 2.75) is 49.7 Å². The molecule has 0 radical (unpaired) electrons. The molecule has 0 spiro atoms. The fraction of sp³-hybridized carbons (Fsp3) is 0.258. The van der Waals surface area contributed by atoms with E-state index in [1.807, 2.05) is 6.07 Å². The standard InChI is InChI=1S/C31H25ClF2N6O3/c32-23-9-2-1-8-22(23)28(29(42)37-20-14-31(33,34)15-20)40(24-10-4-6-19-17-36-38-27(19)24)30(43)25-11-12-26(41)39(25)21-7-3-5-18(13-21)16-35/h1-10,13,17,20,25,28H,11-12,14-15H2,(H,36,38)(H,37,42)/t25-,28-/m0/s1. The number of aromatic nitrogens is 2. The number of rotatable bonds is 7. The van der Waals surface area contributed by atoms with Crippen molar-refractivity contribution in [2.24, 2.45) is 0 Å². The van der Waals surface area contributed by atoms with Crippen LogP contribution in [0, 0.1) is 11.3 Å². The van der Waals surface area contributed by atoms with E-state index in [9.17, 15) is 28.4 Å². The normalized spacial score (nSPS) is 18.6. The Morgan fingerprint density at radius 3 is 2.65 bits per heavy atom. The third-order valence-corrected chi connectivity index (χ3v) is 8.19. The van der Waals surface area contributed by atoms with Crippen molar-refractivity contribution in [3.05, 3.63) is 89.1 Å². The van der Waals surface area contributed by atoms with Gasteiger partial charge in [-0.05, 0) is 36.8 Å². The third kappa shape index (κ3) is 5.30. The fourth-order valence-corrected chi connectivity index (χ4v) is 6.04. The van der Waals surface area contributed by atoms with Gasteiger partial charge < -0.3 is 5.32 Å². The first-order valence-electron chi connectivity index (χ1n) is 13.7. The number of benzene rings is 3. The van der Waals surface area contributed by atoms with Crippen molar-refractivity contribution in [1.82, 2.24) is 15.5 Å². The highest BCUT2D eigenvalue weighted by atomic mass is 35.5. The van der Waals surface area contributed by atoms with Gasteiger partial charge in [0.25, 0.3) is 11.8 Å². The zero-order valence-electron chi connectivity index (χ0n) is 22.6. The second-order valence-corrected chi connectivity index (χ2v) is 11.1. The van der Waals surface area contributed by atoms with E-state index in [1.165, 1.54) is 15.9 Å². The van der Waals surface area contributed by atoms with E-state index in [1.54, 1.807) is 66.9 Å². The maximum absolute atomic E-state index is 14.8. The summed E-state index contributed by atoms with van der Waals surface area (Å²) in [4.78, 5) is 44.7. The van der Waals surface area contributed by atoms with Gasteiger partial charge in [0.2, 0.25) is 11.8 Å². The number of hydrogen-bond acceptors (Lipinski definition) is 5. The lowest BCUT2D eigenvalue weighted by molar-refractivity contribution is -0.133. The predicted octanol–water partition coefficient (Wildman–Crippen LogP) is 5.27. The number of para-hydroxylation sites is 1. The molecule has 1 saturated carbocycles. The van der Waals surface area contributed by atoms with Gasteiger partial charge in [-0.3, -0.25) is 29.3 Å². The summed E-state index contributed by atoms with van der Waals surface area (Å²) in [6.45, 7) is 0. The number of nitrogens with one attached hydrogen (secondary N) is 2. The Bertz CT molecular complexity index is 1780. The molecule has 4 aromatic rings. The maximum Gasteiger partial charge on any atom is 0.252 e. The zero-order chi connectivity index (χ0) is 30.3. The second-order valence-electron chi connectivity index (χ2n) is 10.7. The number of halogens is 3. The molecule has 218 valence electrons. The Hall–Kier alpha value is -4.82. The topological polar surface area (TPSA) is 122 Å². The molecule has 0 unspecified atom stereocenters. The number of anilines is 2. The Kier molecular flexibility index (Phi) is 7.31. The summed E-state index contributed by atoms with van der Waals surface area (Å²) < 4.78 is 27.4. The van der Waals surface area contributed by atoms with E-state index in [4.69, 9.17) is 11.6 Å². The van der Waals surface area contributed by atoms with E-state index in [0.717, 1.165) is 0 Å². The van der Waals surface area contributed by atoms with Gasteiger partial charge in [-0.25, -0.2) is 8.78 Å². The van der Waals surface area contributed by atoms with Crippen LogP contribution in [0.5, 0.6) is 0 Å². The number of nitriles is 1. The lowest BCUT2D eigenvalue weighted by Gasteiger charge is -2.39. The van der Waals surface area contributed by atoms with Gasteiger partial charge in [-0.15, -0.1) is 0 Å². The molecule has 2 N–H and O–H groups in total. The Morgan fingerprint density at radius 1 is 1.14 bits per heavy atom. The van der Waals surface area contributed by atoms with Crippen LogP contribution in [0.15, 0.2) is 72.9 Å². The molecule has 1 aliphatic heterocycles. The summed E-state index contributed by atoms with van der Waals surface area (Å²) in [7, 11) is 0. The first kappa shape index (κ1) is 28.3. The Morgan fingerprint density at radius 2 is 1.91 bits per heavy atom. The van der Waals surface area contributed by atoms with Crippen molar-refractivity contribution in [2.75, 3.05) is 9.80 Å². The molecule has 2 atom stereocenters. The molecule has 2 heterocycles. The minimum absolute atomic E-state index is 0.0649. The van der Waals surface area contributed by atoms with Crippen LogP contribution in [0.2, 0.25) is 5.02 Å². The largest absolute Gasteiger partial charge is 0.351 e. The van der Waals surface area contributed by atoms with Crippen LogP contribution in [0.3, 0.4) is 0 Å². The van der Waals surface area contributed by atoms with Gasteiger partial charge in [0.05, 0.1) is 29.0 Å². The average Bonchev–Trinajstić information content (AvgIpc) is 3.62. The van der Waals surface area contributed by atoms with Crippen molar-refractivity contribution in [3.8, 4) is 6.07 Å². The summed E-state index contributed by atoms with van der Waals surface area (Å²) in [5, 5.41) is 20.0. The van der Waals surface area contributed by atoms with Gasteiger partial charge in [-0.1, -0.05) is 48.0 Å². The fourth-order valence-electron chi connectivity index (χ4n) is 5.80.